The Morgan fingerprint density at radius 1 is 1.12 bits per heavy atom. The molecule has 0 atom stereocenters. The summed E-state index contributed by atoms with van der Waals surface area (Å²) in [6.07, 6.45) is 4.50. The molecule has 1 aliphatic rings. The molecule has 50 valence electrons. The van der Waals surface area contributed by atoms with Crippen LogP contribution < -0.4 is 11.5 Å². The molecule has 4 N–H and O–H groups in total. The van der Waals surface area contributed by atoms with E-state index in [2.05, 4.69) is 11.5 Å². The minimum Gasteiger partial charge on any atom is -0.352 e. The molecular formula is C4H11ClN2O. The smallest absolute Gasteiger partial charge is 0.309 e. The maximum absolute atomic E-state index is 9.00. The minimum atomic E-state index is -0.833. The number of hydrogen-bond acceptors (Lipinski definition) is 1. The SMILES string of the molecule is C1CC1.Cl.NC(N)=O. The van der Waals surface area contributed by atoms with Crippen molar-refractivity contribution in [2.45, 2.75) is 19.3 Å². The number of rotatable bonds is 0. The Morgan fingerprint density at radius 2 is 1.25 bits per heavy atom. The fourth-order valence-electron chi connectivity index (χ4n) is 0. The van der Waals surface area contributed by atoms with E-state index in [4.69, 9.17) is 4.79 Å². The molecule has 3 nitrogen and oxygen atoms in total. The summed E-state index contributed by atoms with van der Waals surface area (Å²) >= 11 is 0. The van der Waals surface area contributed by atoms with E-state index in [1.807, 2.05) is 0 Å². The first-order valence-electron chi connectivity index (χ1n) is 2.28. The zero-order valence-electron chi connectivity index (χ0n) is 4.59. The number of halogens is 1. The Kier molecular flexibility index (Phi) is 8.63. The van der Waals surface area contributed by atoms with Gasteiger partial charge in [-0.05, 0) is 0 Å². The van der Waals surface area contributed by atoms with Crippen LogP contribution in [0.2, 0.25) is 0 Å². The lowest BCUT2D eigenvalue weighted by Crippen LogP contribution is -2.18. The molecule has 1 fully saturated rings. The van der Waals surface area contributed by atoms with Gasteiger partial charge in [0.1, 0.15) is 0 Å². The molecule has 1 rings (SSSR count). The molecule has 0 aromatic rings. The number of nitrogens with two attached hydrogens (primary N) is 2. The Morgan fingerprint density at radius 3 is 1.25 bits per heavy atom. The molecule has 0 aromatic heterocycles. The van der Waals surface area contributed by atoms with Crippen LogP contribution in [0.3, 0.4) is 0 Å². The van der Waals surface area contributed by atoms with E-state index in [-0.39, 0.29) is 12.4 Å². The number of carbonyl (C=O) groups is 1. The van der Waals surface area contributed by atoms with Crippen LogP contribution in [0, 0.1) is 0 Å². The number of hydrogen-bond donors (Lipinski definition) is 2. The summed E-state index contributed by atoms with van der Waals surface area (Å²) in [7, 11) is 0. The number of urea groups is 1. The summed E-state index contributed by atoms with van der Waals surface area (Å²) in [6, 6.07) is -0.833. The van der Waals surface area contributed by atoms with E-state index in [1.54, 1.807) is 0 Å². The van der Waals surface area contributed by atoms with Gasteiger partial charge in [-0.25, -0.2) is 4.79 Å². The van der Waals surface area contributed by atoms with E-state index in [1.165, 1.54) is 19.3 Å². The largest absolute Gasteiger partial charge is 0.352 e. The van der Waals surface area contributed by atoms with Gasteiger partial charge in [0.25, 0.3) is 0 Å². The second-order valence-electron chi connectivity index (χ2n) is 1.46. The van der Waals surface area contributed by atoms with Crippen molar-refractivity contribution >= 4 is 18.4 Å². The van der Waals surface area contributed by atoms with Gasteiger partial charge in [-0.3, -0.25) is 0 Å². The van der Waals surface area contributed by atoms with Crippen LogP contribution in [0.1, 0.15) is 19.3 Å². The van der Waals surface area contributed by atoms with Crippen LogP contribution in [0.4, 0.5) is 4.79 Å². The molecule has 1 saturated carbocycles. The first-order valence-corrected chi connectivity index (χ1v) is 2.28. The van der Waals surface area contributed by atoms with E-state index in [0.717, 1.165) is 0 Å². The van der Waals surface area contributed by atoms with Gasteiger partial charge in [0.15, 0.2) is 0 Å². The lowest BCUT2D eigenvalue weighted by molar-refractivity contribution is 0.256. The highest BCUT2D eigenvalue weighted by Gasteiger charge is 1.95. The van der Waals surface area contributed by atoms with Crippen molar-refractivity contribution in [1.82, 2.24) is 0 Å². The fraction of sp³-hybridized carbons (Fsp3) is 0.750. The molecule has 0 spiro atoms. The highest BCUT2D eigenvalue weighted by molar-refractivity contribution is 5.85. The van der Waals surface area contributed by atoms with Gasteiger partial charge in [-0.1, -0.05) is 19.3 Å². The number of carbonyl (C=O) groups excluding carboxylic acids is 1. The second-order valence-corrected chi connectivity index (χ2v) is 1.46. The lowest BCUT2D eigenvalue weighted by atomic mass is 11.0. The summed E-state index contributed by atoms with van der Waals surface area (Å²) < 4.78 is 0. The Labute approximate surface area is 54.8 Å². The van der Waals surface area contributed by atoms with Gasteiger partial charge >= 0.3 is 6.03 Å². The maximum atomic E-state index is 9.00. The third-order valence-corrected chi connectivity index (χ3v) is 0.354. The standard InChI is InChI=1S/C3H6.CH4N2O.ClH/c1-2-3-1;2-1(3)4;/h1-3H2;(H4,2,3,4);1H. The molecular weight excluding hydrogens is 128 g/mol. The topological polar surface area (TPSA) is 69.1 Å². The molecule has 2 amide bonds. The lowest BCUT2D eigenvalue weighted by Gasteiger charge is -1.62. The normalized spacial score (nSPS) is 12.0. The van der Waals surface area contributed by atoms with Crippen LogP contribution in [0.15, 0.2) is 0 Å². The second kappa shape index (κ2) is 6.56. The van der Waals surface area contributed by atoms with Crippen molar-refractivity contribution < 1.29 is 4.79 Å². The Balaban J connectivity index is 0. The first-order chi connectivity index (χ1) is 3.23. The summed E-state index contributed by atoms with van der Waals surface area (Å²) in [5.41, 5.74) is 8.50. The maximum Gasteiger partial charge on any atom is 0.309 e. The minimum absolute atomic E-state index is 0. The third-order valence-electron chi connectivity index (χ3n) is 0.354. The van der Waals surface area contributed by atoms with Crippen molar-refractivity contribution in [3.63, 3.8) is 0 Å². The van der Waals surface area contributed by atoms with E-state index >= 15 is 0 Å². The number of primary amides is 2. The molecule has 0 heterocycles. The van der Waals surface area contributed by atoms with Crippen molar-refractivity contribution in [2.24, 2.45) is 11.5 Å². The molecule has 0 aliphatic heterocycles. The summed E-state index contributed by atoms with van der Waals surface area (Å²) in [5.74, 6) is 0. The quantitative estimate of drug-likeness (QED) is 0.506. The van der Waals surface area contributed by atoms with Gasteiger partial charge in [-0.2, -0.15) is 0 Å². The van der Waals surface area contributed by atoms with Gasteiger partial charge in [0.05, 0.1) is 0 Å². The highest BCUT2D eigenvalue weighted by atomic mass is 35.5. The predicted molar refractivity (Wildman–Crippen MR) is 34.9 cm³/mol. The zero-order chi connectivity index (χ0) is 5.70. The Bertz CT molecular complexity index is 58.3. The molecule has 4 heteroatoms. The molecule has 0 unspecified atom stereocenters. The molecule has 0 bridgehead atoms. The van der Waals surface area contributed by atoms with Crippen molar-refractivity contribution in [1.29, 1.82) is 0 Å². The van der Waals surface area contributed by atoms with Gasteiger partial charge in [0, 0.05) is 0 Å². The molecule has 8 heavy (non-hydrogen) atoms. The van der Waals surface area contributed by atoms with Crippen LogP contribution >= 0.6 is 12.4 Å². The van der Waals surface area contributed by atoms with Crippen LogP contribution in [-0.2, 0) is 0 Å². The van der Waals surface area contributed by atoms with Gasteiger partial charge < -0.3 is 11.5 Å². The zero-order valence-corrected chi connectivity index (χ0v) is 5.41. The van der Waals surface area contributed by atoms with E-state index < -0.39 is 6.03 Å². The molecule has 0 saturated heterocycles. The highest BCUT2D eigenvalue weighted by Crippen LogP contribution is 2.14. The summed E-state index contributed by atoms with van der Waals surface area (Å²) in [6.45, 7) is 0. The third kappa shape index (κ3) is 369. The van der Waals surface area contributed by atoms with Crippen molar-refractivity contribution in [2.75, 3.05) is 0 Å². The Hall–Kier alpha value is -0.440. The average molecular weight is 139 g/mol. The van der Waals surface area contributed by atoms with E-state index in [9.17, 15) is 0 Å². The predicted octanol–water partition coefficient (Wildman–Crippen LogP) is 0.616. The van der Waals surface area contributed by atoms with Crippen LogP contribution in [-0.4, -0.2) is 6.03 Å². The number of amides is 2. The summed E-state index contributed by atoms with van der Waals surface area (Å²) in [4.78, 5) is 9.00. The van der Waals surface area contributed by atoms with Crippen LogP contribution in [0.25, 0.3) is 0 Å². The molecule has 1 aliphatic carbocycles. The summed E-state index contributed by atoms with van der Waals surface area (Å²) in [5, 5.41) is 0. The van der Waals surface area contributed by atoms with Crippen molar-refractivity contribution in [3.8, 4) is 0 Å². The van der Waals surface area contributed by atoms with Crippen molar-refractivity contribution in [3.05, 3.63) is 0 Å². The van der Waals surface area contributed by atoms with E-state index in [0.29, 0.717) is 0 Å². The average Bonchev–Trinajstić information content (AvgIpc) is 2.02. The molecule has 0 radical (unpaired) electrons. The van der Waals surface area contributed by atoms with Gasteiger partial charge in [0.2, 0.25) is 0 Å². The fourth-order valence-corrected chi connectivity index (χ4v) is 0. The van der Waals surface area contributed by atoms with Crippen LogP contribution in [0.5, 0.6) is 0 Å². The first kappa shape index (κ1) is 10.5. The van der Waals surface area contributed by atoms with Gasteiger partial charge in [-0.15, -0.1) is 12.4 Å². The monoisotopic (exact) mass is 138 g/mol. The molecule has 0 aromatic carbocycles.